The first-order valence-corrected chi connectivity index (χ1v) is 13.0. The zero-order valence-corrected chi connectivity index (χ0v) is 22.1. The van der Waals surface area contributed by atoms with Gasteiger partial charge in [0.1, 0.15) is 11.5 Å². The van der Waals surface area contributed by atoms with Crippen LogP contribution in [0, 0.1) is 26.6 Å². The maximum atomic E-state index is 13.9. The van der Waals surface area contributed by atoms with Crippen molar-refractivity contribution in [2.45, 2.75) is 58.6 Å². The molecule has 9 heteroatoms. The van der Waals surface area contributed by atoms with E-state index in [9.17, 15) is 22.4 Å². The van der Waals surface area contributed by atoms with Crippen LogP contribution in [0.1, 0.15) is 57.1 Å². The van der Waals surface area contributed by atoms with E-state index in [0.29, 0.717) is 23.4 Å². The number of hydrogen-bond acceptors (Lipinski definition) is 5. The van der Waals surface area contributed by atoms with Crippen molar-refractivity contribution in [3.05, 3.63) is 88.0 Å². The molecule has 0 saturated heterocycles. The number of carbonyl (C=O) groups is 2. The Morgan fingerprint density at radius 1 is 1.03 bits per heavy atom. The van der Waals surface area contributed by atoms with E-state index in [2.05, 4.69) is 0 Å². The number of rotatable bonds is 9. The summed E-state index contributed by atoms with van der Waals surface area (Å²) in [6.45, 7) is 8.89. The van der Waals surface area contributed by atoms with E-state index in [1.165, 1.54) is 50.4 Å². The number of esters is 1. The molecule has 0 fully saturated rings. The van der Waals surface area contributed by atoms with Gasteiger partial charge in [-0.05, 0) is 70.0 Å². The van der Waals surface area contributed by atoms with Crippen molar-refractivity contribution in [2.24, 2.45) is 0 Å². The van der Waals surface area contributed by atoms with Gasteiger partial charge >= 0.3 is 5.97 Å². The second kappa shape index (κ2) is 10.8. The zero-order chi connectivity index (χ0) is 26.8. The van der Waals surface area contributed by atoms with Gasteiger partial charge in [0.15, 0.2) is 5.78 Å². The summed E-state index contributed by atoms with van der Waals surface area (Å²) < 4.78 is 48.8. The van der Waals surface area contributed by atoms with Crippen molar-refractivity contribution < 1.29 is 27.1 Å². The van der Waals surface area contributed by atoms with E-state index in [1.807, 2.05) is 13.8 Å². The van der Waals surface area contributed by atoms with Gasteiger partial charge in [-0.3, -0.25) is 4.79 Å². The van der Waals surface area contributed by atoms with Crippen LogP contribution in [0.4, 0.5) is 4.39 Å². The number of methoxy groups -OCH3 is 1. The lowest BCUT2D eigenvalue weighted by Crippen LogP contribution is -2.43. The van der Waals surface area contributed by atoms with Gasteiger partial charge in [-0.2, -0.15) is 4.31 Å². The minimum absolute atomic E-state index is 0.0460. The number of sulfonamides is 1. The highest BCUT2D eigenvalue weighted by Gasteiger charge is 2.36. The summed E-state index contributed by atoms with van der Waals surface area (Å²) in [5.74, 6) is -1.46. The lowest BCUT2D eigenvalue weighted by Gasteiger charge is -2.28. The Morgan fingerprint density at radius 3 is 2.14 bits per heavy atom. The molecule has 0 amide bonds. The van der Waals surface area contributed by atoms with E-state index in [1.54, 1.807) is 30.5 Å². The van der Waals surface area contributed by atoms with Gasteiger partial charge in [0.2, 0.25) is 10.0 Å². The second-order valence-corrected chi connectivity index (χ2v) is 10.6. The Bertz CT molecular complexity index is 1380. The number of nitrogens with zero attached hydrogens (tertiary/aromatic N) is 2. The fourth-order valence-corrected chi connectivity index (χ4v) is 5.98. The maximum Gasteiger partial charge on any atom is 0.354 e. The lowest BCUT2D eigenvalue weighted by atomic mass is 10.0. The van der Waals surface area contributed by atoms with Crippen LogP contribution >= 0.6 is 0 Å². The van der Waals surface area contributed by atoms with E-state index in [-0.39, 0.29) is 22.7 Å². The van der Waals surface area contributed by atoms with Gasteiger partial charge in [0, 0.05) is 24.3 Å². The first kappa shape index (κ1) is 27.3. The molecular formula is C27H31FN2O5S. The molecule has 3 aromatic rings. The fourth-order valence-electron chi connectivity index (χ4n) is 4.40. The molecule has 0 radical (unpaired) electrons. The molecule has 0 N–H and O–H groups in total. The van der Waals surface area contributed by atoms with Crippen molar-refractivity contribution in [1.29, 1.82) is 0 Å². The van der Waals surface area contributed by atoms with Gasteiger partial charge < -0.3 is 9.30 Å². The quantitative estimate of drug-likeness (QED) is 0.302. The number of Topliss-reactive ketones (excluding diaryl/α,β-unsaturated/α-hetero) is 1. The molecular weight excluding hydrogens is 483 g/mol. The molecule has 0 saturated carbocycles. The van der Waals surface area contributed by atoms with E-state index in [4.69, 9.17) is 4.74 Å². The van der Waals surface area contributed by atoms with Crippen molar-refractivity contribution >= 4 is 21.8 Å². The smallest absolute Gasteiger partial charge is 0.354 e. The zero-order valence-electron chi connectivity index (χ0n) is 21.3. The first-order valence-electron chi connectivity index (χ1n) is 11.6. The molecule has 2 aromatic carbocycles. The van der Waals surface area contributed by atoms with Crippen molar-refractivity contribution in [3.8, 4) is 0 Å². The summed E-state index contributed by atoms with van der Waals surface area (Å²) in [6, 6.07) is 10.7. The molecule has 1 aromatic heterocycles. The van der Waals surface area contributed by atoms with Crippen molar-refractivity contribution in [3.63, 3.8) is 0 Å². The Kier molecular flexibility index (Phi) is 8.15. The molecule has 3 rings (SSSR count). The molecule has 1 atom stereocenters. The van der Waals surface area contributed by atoms with Crippen LogP contribution in [0.2, 0.25) is 0 Å². The highest BCUT2D eigenvalue weighted by Crippen LogP contribution is 2.28. The summed E-state index contributed by atoms with van der Waals surface area (Å²) in [5, 5.41) is 0. The van der Waals surface area contributed by atoms with Crippen LogP contribution in [0.15, 0.2) is 53.4 Å². The third-order valence-corrected chi connectivity index (χ3v) is 8.33. The molecule has 0 bridgehead atoms. The number of carbonyl (C=O) groups excluding carboxylic acids is 2. The molecule has 192 valence electrons. The van der Waals surface area contributed by atoms with Gasteiger partial charge in [-0.15, -0.1) is 0 Å². The Labute approximate surface area is 211 Å². The Morgan fingerprint density at radius 2 is 1.61 bits per heavy atom. The Balaban J connectivity index is 2.13. The first-order chi connectivity index (χ1) is 16.9. The highest BCUT2D eigenvalue weighted by molar-refractivity contribution is 7.89. The average molecular weight is 515 g/mol. The van der Waals surface area contributed by atoms with Crippen LogP contribution in [-0.4, -0.2) is 42.2 Å². The number of ether oxygens (including phenoxy) is 1. The van der Waals surface area contributed by atoms with Gasteiger partial charge in [0.05, 0.1) is 18.0 Å². The van der Waals surface area contributed by atoms with Crippen LogP contribution in [0.3, 0.4) is 0 Å². The highest BCUT2D eigenvalue weighted by atomic mass is 32.2. The lowest BCUT2D eigenvalue weighted by molar-refractivity contribution is 0.0587. The standard InChI is InChI=1S/C27H31FN2O5S/c1-7-29-19(4)24(18(3)25(29)27(32)35-6)26(31)20(5)30(16-21-10-12-22(28)13-11-21)36(33,34)23-14-8-17(2)9-15-23/h8-15,20H,7,16H2,1-6H3. The van der Waals surface area contributed by atoms with Crippen molar-refractivity contribution in [1.82, 2.24) is 8.87 Å². The molecule has 0 spiro atoms. The summed E-state index contributed by atoms with van der Waals surface area (Å²) in [4.78, 5) is 26.4. The van der Waals surface area contributed by atoms with Crippen LogP contribution in [0.25, 0.3) is 0 Å². The third-order valence-electron chi connectivity index (χ3n) is 6.40. The Hall–Kier alpha value is -3.30. The molecule has 0 aliphatic heterocycles. The summed E-state index contributed by atoms with van der Waals surface area (Å²) in [5.41, 5.74) is 2.97. The number of aromatic nitrogens is 1. The number of benzene rings is 2. The molecule has 36 heavy (non-hydrogen) atoms. The van der Waals surface area contributed by atoms with Crippen LogP contribution in [-0.2, 0) is 27.8 Å². The maximum absolute atomic E-state index is 13.9. The van der Waals surface area contributed by atoms with Crippen molar-refractivity contribution in [2.75, 3.05) is 7.11 Å². The molecule has 7 nitrogen and oxygen atoms in total. The molecule has 0 aliphatic carbocycles. The van der Waals surface area contributed by atoms with E-state index < -0.39 is 33.6 Å². The van der Waals surface area contributed by atoms with Crippen LogP contribution in [0.5, 0.6) is 0 Å². The topological polar surface area (TPSA) is 85.7 Å². The molecule has 1 heterocycles. The minimum atomic E-state index is -4.11. The minimum Gasteiger partial charge on any atom is -0.464 e. The number of ketones is 1. The van der Waals surface area contributed by atoms with Crippen LogP contribution < -0.4 is 0 Å². The summed E-state index contributed by atoms with van der Waals surface area (Å²) >= 11 is 0. The third kappa shape index (κ3) is 5.12. The number of aryl methyl sites for hydroxylation is 1. The molecule has 1 unspecified atom stereocenters. The fraction of sp³-hybridized carbons (Fsp3) is 0.333. The number of halogens is 1. The molecule has 0 aliphatic rings. The van der Waals surface area contributed by atoms with Gasteiger partial charge in [0.25, 0.3) is 0 Å². The summed E-state index contributed by atoms with van der Waals surface area (Å²) in [7, 11) is -2.84. The SMILES string of the molecule is CCn1c(C)c(C(=O)C(C)N(Cc2ccc(F)cc2)S(=O)(=O)c2ccc(C)cc2)c(C)c1C(=O)OC. The van der Waals surface area contributed by atoms with Gasteiger partial charge in [-0.25, -0.2) is 17.6 Å². The summed E-state index contributed by atoms with van der Waals surface area (Å²) in [6.07, 6.45) is 0. The second-order valence-electron chi connectivity index (χ2n) is 8.70. The van der Waals surface area contributed by atoms with Gasteiger partial charge in [-0.1, -0.05) is 29.8 Å². The largest absolute Gasteiger partial charge is 0.464 e. The number of hydrogen-bond donors (Lipinski definition) is 0. The normalized spacial score (nSPS) is 12.6. The average Bonchev–Trinajstić information content (AvgIpc) is 3.11. The predicted molar refractivity (Wildman–Crippen MR) is 135 cm³/mol. The monoisotopic (exact) mass is 514 g/mol. The van der Waals surface area contributed by atoms with E-state index >= 15 is 0 Å². The predicted octanol–water partition coefficient (Wildman–Crippen LogP) is 4.82. The van der Waals surface area contributed by atoms with E-state index in [0.717, 1.165) is 9.87 Å².